The monoisotopic (exact) mass is 394 g/mol. The molecule has 2 amide bonds. The molecule has 2 aromatic rings. The van der Waals surface area contributed by atoms with Gasteiger partial charge < -0.3 is 9.80 Å². The number of piperidine rings is 1. The lowest BCUT2D eigenvalue weighted by Crippen LogP contribution is -2.60. The van der Waals surface area contributed by atoms with Crippen molar-refractivity contribution in [3.63, 3.8) is 0 Å². The molecule has 2 saturated heterocycles. The highest BCUT2D eigenvalue weighted by Crippen LogP contribution is 2.39. The first kappa shape index (κ1) is 19.6. The van der Waals surface area contributed by atoms with Crippen molar-refractivity contribution in [2.24, 2.45) is 0 Å². The van der Waals surface area contributed by atoms with E-state index in [9.17, 15) is 14.0 Å². The zero-order valence-electron chi connectivity index (χ0n) is 16.8. The number of benzene rings is 2. The Morgan fingerprint density at radius 3 is 2.34 bits per heavy atom. The van der Waals surface area contributed by atoms with Crippen LogP contribution in [0.2, 0.25) is 0 Å². The van der Waals surface area contributed by atoms with Crippen LogP contribution >= 0.6 is 0 Å². The number of hydrogen-bond donors (Lipinski definition) is 0. The van der Waals surface area contributed by atoms with E-state index in [1.54, 1.807) is 25.1 Å². The van der Waals surface area contributed by atoms with Crippen LogP contribution in [-0.2, 0) is 4.79 Å². The Kier molecular flexibility index (Phi) is 5.65. The second-order valence-corrected chi connectivity index (χ2v) is 8.05. The average Bonchev–Trinajstić information content (AvgIpc) is 2.97. The molecule has 0 N–H and O–H groups in total. The Morgan fingerprint density at radius 1 is 0.897 bits per heavy atom. The summed E-state index contributed by atoms with van der Waals surface area (Å²) in [5.74, 6) is -0.540. The van der Waals surface area contributed by atoms with Gasteiger partial charge in [-0.05, 0) is 43.4 Å². The van der Waals surface area contributed by atoms with E-state index >= 15 is 0 Å². The number of amides is 2. The predicted octanol–water partition coefficient (Wildman–Crippen LogP) is 4.23. The average molecular weight is 394 g/mol. The largest absolute Gasteiger partial charge is 0.337 e. The molecule has 2 heterocycles. The van der Waals surface area contributed by atoms with E-state index in [0.717, 1.165) is 25.7 Å². The van der Waals surface area contributed by atoms with Crippen molar-refractivity contribution < 1.29 is 14.0 Å². The number of halogens is 1. The summed E-state index contributed by atoms with van der Waals surface area (Å²) in [6.45, 7) is 2.89. The van der Waals surface area contributed by atoms with E-state index in [2.05, 4.69) is 12.1 Å². The first-order chi connectivity index (χ1) is 14.1. The lowest BCUT2D eigenvalue weighted by molar-refractivity contribution is -0.133. The van der Waals surface area contributed by atoms with Gasteiger partial charge in [0.15, 0.2) is 0 Å². The highest BCUT2D eigenvalue weighted by atomic mass is 19.1. The van der Waals surface area contributed by atoms with Crippen molar-refractivity contribution >= 4 is 11.8 Å². The summed E-state index contributed by atoms with van der Waals surface area (Å²) < 4.78 is 14.3. The third-order valence-electron chi connectivity index (χ3n) is 6.39. The molecule has 29 heavy (non-hydrogen) atoms. The molecule has 0 bridgehead atoms. The maximum absolute atomic E-state index is 14.3. The van der Waals surface area contributed by atoms with Crippen LogP contribution in [0, 0.1) is 5.82 Å². The molecular formula is C24H27FN2O2. The smallest absolute Gasteiger partial charge is 0.257 e. The van der Waals surface area contributed by atoms with E-state index in [0.29, 0.717) is 13.1 Å². The molecule has 4 rings (SSSR count). The molecule has 2 aliphatic heterocycles. The molecule has 0 aliphatic carbocycles. The fraction of sp³-hybridized carbons (Fsp3) is 0.417. The van der Waals surface area contributed by atoms with E-state index in [4.69, 9.17) is 0 Å². The topological polar surface area (TPSA) is 40.6 Å². The first-order valence-corrected chi connectivity index (χ1v) is 10.5. The van der Waals surface area contributed by atoms with Crippen LogP contribution in [0.4, 0.5) is 4.39 Å². The normalized spacial score (nSPS) is 24.6. The van der Waals surface area contributed by atoms with Crippen LogP contribution in [0.1, 0.15) is 54.4 Å². The summed E-state index contributed by atoms with van der Waals surface area (Å²) in [5.41, 5.74) is 1.32. The van der Waals surface area contributed by atoms with Crippen molar-refractivity contribution in [2.45, 2.75) is 50.6 Å². The van der Waals surface area contributed by atoms with Gasteiger partial charge in [-0.1, -0.05) is 42.5 Å². The van der Waals surface area contributed by atoms with E-state index in [1.165, 1.54) is 11.6 Å². The van der Waals surface area contributed by atoms with Gasteiger partial charge in [-0.15, -0.1) is 0 Å². The van der Waals surface area contributed by atoms with Crippen molar-refractivity contribution in [1.82, 2.24) is 9.80 Å². The van der Waals surface area contributed by atoms with Crippen molar-refractivity contribution in [2.75, 3.05) is 13.1 Å². The second-order valence-electron chi connectivity index (χ2n) is 8.05. The molecule has 0 spiro atoms. The van der Waals surface area contributed by atoms with Gasteiger partial charge in [0.2, 0.25) is 5.91 Å². The number of carbonyl (C=O) groups is 2. The highest BCUT2D eigenvalue weighted by molar-refractivity contribution is 5.95. The predicted molar refractivity (Wildman–Crippen MR) is 110 cm³/mol. The van der Waals surface area contributed by atoms with E-state index in [1.807, 2.05) is 28.0 Å². The number of likely N-dealkylation sites (tertiary alicyclic amines) is 2. The van der Waals surface area contributed by atoms with Gasteiger partial charge in [0, 0.05) is 25.9 Å². The van der Waals surface area contributed by atoms with Gasteiger partial charge >= 0.3 is 0 Å². The Bertz CT molecular complexity index is 885. The second kappa shape index (κ2) is 8.36. The van der Waals surface area contributed by atoms with Crippen LogP contribution < -0.4 is 0 Å². The molecule has 0 unspecified atom stereocenters. The molecule has 5 heteroatoms. The Hall–Kier alpha value is -2.69. The third kappa shape index (κ3) is 3.78. The molecule has 2 fully saturated rings. The summed E-state index contributed by atoms with van der Waals surface area (Å²) in [4.78, 5) is 29.6. The van der Waals surface area contributed by atoms with Gasteiger partial charge in [0.05, 0.1) is 17.6 Å². The van der Waals surface area contributed by atoms with Gasteiger partial charge in [0.1, 0.15) is 5.82 Å². The number of hydrogen-bond acceptors (Lipinski definition) is 2. The van der Waals surface area contributed by atoms with E-state index < -0.39 is 5.82 Å². The molecule has 152 valence electrons. The van der Waals surface area contributed by atoms with Crippen molar-refractivity contribution in [3.05, 3.63) is 71.5 Å². The molecule has 2 aromatic carbocycles. The zero-order valence-corrected chi connectivity index (χ0v) is 16.8. The SMILES string of the molecule is CC(=O)N1CCCC[C@@H]2[C@H]1[C@@H](c1ccccc1)CCN2C(=O)c1ccccc1F. The molecule has 3 atom stereocenters. The maximum Gasteiger partial charge on any atom is 0.257 e. The summed E-state index contributed by atoms with van der Waals surface area (Å²) in [5, 5.41) is 0. The first-order valence-electron chi connectivity index (χ1n) is 10.5. The van der Waals surface area contributed by atoms with Gasteiger partial charge in [-0.25, -0.2) is 4.39 Å². The van der Waals surface area contributed by atoms with Crippen LogP contribution in [0.5, 0.6) is 0 Å². The van der Waals surface area contributed by atoms with Crippen LogP contribution in [0.25, 0.3) is 0 Å². The number of carbonyl (C=O) groups excluding carboxylic acids is 2. The zero-order chi connectivity index (χ0) is 20.4. The summed E-state index contributed by atoms with van der Waals surface area (Å²) in [6, 6.07) is 16.2. The summed E-state index contributed by atoms with van der Waals surface area (Å²) in [7, 11) is 0. The maximum atomic E-state index is 14.3. The Balaban J connectivity index is 1.73. The fourth-order valence-electron chi connectivity index (χ4n) is 5.08. The third-order valence-corrected chi connectivity index (χ3v) is 6.39. The minimum Gasteiger partial charge on any atom is -0.337 e. The minimum atomic E-state index is -0.490. The number of nitrogens with zero attached hydrogens (tertiary/aromatic N) is 2. The van der Waals surface area contributed by atoms with Gasteiger partial charge in [0.25, 0.3) is 5.91 Å². The quantitative estimate of drug-likeness (QED) is 0.765. The van der Waals surface area contributed by atoms with Crippen LogP contribution in [-0.4, -0.2) is 46.8 Å². The summed E-state index contributed by atoms with van der Waals surface area (Å²) in [6.07, 6.45) is 3.47. The highest BCUT2D eigenvalue weighted by Gasteiger charge is 2.45. The van der Waals surface area contributed by atoms with Crippen LogP contribution in [0.15, 0.2) is 54.6 Å². The molecular weight excluding hydrogens is 367 g/mol. The summed E-state index contributed by atoms with van der Waals surface area (Å²) >= 11 is 0. The molecule has 0 aromatic heterocycles. The fourth-order valence-corrected chi connectivity index (χ4v) is 5.08. The standard InChI is InChI=1S/C24H27FN2O2/c1-17(28)26-15-8-7-13-22-23(26)19(18-9-3-2-4-10-18)14-16-27(22)24(29)20-11-5-6-12-21(20)25/h2-6,9-12,19,22-23H,7-8,13-16H2,1H3/t19-,22-,23-/m1/s1. The van der Waals surface area contributed by atoms with Gasteiger partial charge in [-0.3, -0.25) is 9.59 Å². The van der Waals surface area contributed by atoms with E-state index in [-0.39, 0.29) is 35.4 Å². The lowest BCUT2D eigenvalue weighted by Gasteiger charge is -2.49. The van der Waals surface area contributed by atoms with Crippen LogP contribution in [0.3, 0.4) is 0 Å². The molecule has 4 nitrogen and oxygen atoms in total. The molecule has 2 aliphatic rings. The molecule has 0 radical (unpaired) electrons. The Labute approximate surface area is 171 Å². The van der Waals surface area contributed by atoms with Crippen molar-refractivity contribution in [1.29, 1.82) is 0 Å². The number of rotatable bonds is 2. The lowest BCUT2D eigenvalue weighted by atomic mass is 9.78. The number of fused-ring (bicyclic) bond motifs is 1. The van der Waals surface area contributed by atoms with Gasteiger partial charge in [-0.2, -0.15) is 0 Å². The minimum absolute atomic E-state index is 0.0445. The molecule has 0 saturated carbocycles. The van der Waals surface area contributed by atoms with Crippen molar-refractivity contribution in [3.8, 4) is 0 Å². The Morgan fingerprint density at radius 2 is 1.62 bits per heavy atom.